The molecule has 0 fully saturated rings. The van der Waals surface area contributed by atoms with Gasteiger partial charge >= 0.3 is 107 Å². The first-order valence-corrected chi connectivity index (χ1v) is 6.96. The molecule has 0 bridgehead atoms. The van der Waals surface area contributed by atoms with Gasteiger partial charge in [-0.05, 0) is 0 Å². The van der Waals surface area contributed by atoms with Crippen LogP contribution in [0.2, 0.25) is 0 Å². The first-order valence-electron chi connectivity index (χ1n) is 4.52. The molecule has 3 aromatic rings. The monoisotopic (exact) mass is 314 g/mol. The van der Waals surface area contributed by atoms with Crippen LogP contribution in [0.1, 0.15) is 0 Å². The van der Waals surface area contributed by atoms with Crippen LogP contribution in [0.3, 0.4) is 0 Å². The van der Waals surface area contributed by atoms with Crippen LogP contribution in [-0.4, -0.2) is 33.5 Å². The van der Waals surface area contributed by atoms with E-state index in [1.165, 1.54) is 4.26 Å². The molecule has 0 atom stereocenters. The molecular formula is C9H6N4S2Se. The third-order valence-corrected chi connectivity index (χ3v) is 5.32. The van der Waals surface area contributed by atoms with Crippen molar-refractivity contribution in [3.8, 4) is 5.95 Å². The molecule has 2 N–H and O–H groups in total. The van der Waals surface area contributed by atoms with Crippen molar-refractivity contribution in [1.82, 2.24) is 18.7 Å². The van der Waals surface area contributed by atoms with Gasteiger partial charge in [0.2, 0.25) is 0 Å². The molecule has 0 aliphatic carbocycles. The van der Waals surface area contributed by atoms with Crippen LogP contribution < -0.4 is 0 Å². The second kappa shape index (κ2) is 3.78. The Morgan fingerprint density at radius 1 is 1.19 bits per heavy atom. The summed E-state index contributed by atoms with van der Waals surface area (Å²) in [6, 6.07) is 8.17. The van der Waals surface area contributed by atoms with Crippen molar-refractivity contribution in [2.24, 2.45) is 0 Å². The van der Waals surface area contributed by atoms with E-state index in [0.29, 0.717) is 10.7 Å². The molecule has 0 spiro atoms. The van der Waals surface area contributed by atoms with Gasteiger partial charge in [0.25, 0.3) is 0 Å². The van der Waals surface area contributed by atoms with Crippen LogP contribution in [0.4, 0.5) is 0 Å². The average Bonchev–Trinajstić information content (AvgIpc) is 2.84. The number of aromatic amines is 2. The van der Waals surface area contributed by atoms with E-state index in [0.717, 1.165) is 10.0 Å². The Labute approximate surface area is 107 Å². The molecule has 0 aliphatic rings. The Bertz CT molecular complexity index is 763. The minimum atomic E-state index is 0.140. The third-order valence-electron chi connectivity index (χ3n) is 2.17. The molecule has 3 rings (SSSR count). The molecule has 80 valence electrons. The SMILES string of the molecule is S=c1nc(-n2[se]c3ccccc3c2=S)[nH][nH]1. The molecule has 0 saturated heterocycles. The van der Waals surface area contributed by atoms with Crippen LogP contribution in [0.15, 0.2) is 24.3 Å². The van der Waals surface area contributed by atoms with E-state index in [1.54, 1.807) is 0 Å². The van der Waals surface area contributed by atoms with Crippen molar-refractivity contribution in [3.05, 3.63) is 33.7 Å². The van der Waals surface area contributed by atoms with Gasteiger partial charge in [-0.2, -0.15) is 0 Å². The van der Waals surface area contributed by atoms with E-state index < -0.39 is 0 Å². The number of rotatable bonds is 1. The molecule has 0 unspecified atom stereocenters. The summed E-state index contributed by atoms with van der Waals surface area (Å²) in [5, 5.41) is 6.83. The third kappa shape index (κ3) is 1.53. The zero-order valence-electron chi connectivity index (χ0n) is 7.93. The number of nitrogens with one attached hydrogen (secondary N) is 2. The van der Waals surface area contributed by atoms with Gasteiger partial charge in [-0.3, -0.25) is 0 Å². The average molecular weight is 313 g/mol. The molecule has 0 amide bonds. The molecule has 0 aliphatic heterocycles. The Morgan fingerprint density at radius 3 is 2.69 bits per heavy atom. The number of hydrogen-bond donors (Lipinski definition) is 2. The van der Waals surface area contributed by atoms with Gasteiger partial charge < -0.3 is 0 Å². The van der Waals surface area contributed by atoms with Gasteiger partial charge in [0, 0.05) is 0 Å². The van der Waals surface area contributed by atoms with Crippen molar-refractivity contribution in [2.75, 3.05) is 0 Å². The van der Waals surface area contributed by atoms with Crippen LogP contribution in [-0.2, 0) is 0 Å². The van der Waals surface area contributed by atoms with Gasteiger partial charge in [0.1, 0.15) is 0 Å². The fraction of sp³-hybridized carbons (Fsp3) is 0. The van der Waals surface area contributed by atoms with Crippen molar-refractivity contribution in [3.63, 3.8) is 0 Å². The van der Waals surface area contributed by atoms with Crippen LogP contribution >= 0.6 is 24.4 Å². The van der Waals surface area contributed by atoms with Gasteiger partial charge in [-0.15, -0.1) is 0 Å². The molecule has 16 heavy (non-hydrogen) atoms. The summed E-state index contributed by atoms with van der Waals surface area (Å²) in [4.78, 5) is 4.18. The van der Waals surface area contributed by atoms with E-state index in [4.69, 9.17) is 24.4 Å². The maximum absolute atomic E-state index is 5.42. The van der Waals surface area contributed by atoms with E-state index in [2.05, 4.69) is 21.2 Å². The van der Waals surface area contributed by atoms with E-state index in [-0.39, 0.29) is 14.7 Å². The van der Waals surface area contributed by atoms with E-state index >= 15 is 0 Å². The number of aromatic nitrogens is 4. The molecule has 2 aromatic heterocycles. The van der Waals surface area contributed by atoms with Crippen molar-refractivity contribution in [2.45, 2.75) is 0 Å². The summed E-state index contributed by atoms with van der Waals surface area (Å²) in [7, 11) is 0. The minimum absolute atomic E-state index is 0.140. The zero-order valence-corrected chi connectivity index (χ0v) is 11.3. The number of H-pyrrole nitrogens is 2. The standard InChI is InChI=1S/C9H6N4S2Se/c14-7-5-3-1-2-4-6(5)16-13(7)8-10-9(15)12-11-8/h1-4H,(H2,10,11,12,15). The number of benzene rings is 1. The Hall–Kier alpha value is -1.01. The number of nitrogens with zero attached hydrogens (tertiary/aromatic N) is 2. The quantitative estimate of drug-likeness (QED) is 0.535. The Kier molecular flexibility index (Phi) is 2.40. The van der Waals surface area contributed by atoms with Crippen molar-refractivity contribution < 1.29 is 0 Å². The number of hydrogen-bond acceptors (Lipinski definition) is 3. The molecular weight excluding hydrogens is 307 g/mol. The number of fused-ring (bicyclic) bond motifs is 1. The van der Waals surface area contributed by atoms with Crippen LogP contribution in [0, 0.1) is 9.41 Å². The summed E-state index contributed by atoms with van der Waals surface area (Å²) < 4.78 is 4.54. The van der Waals surface area contributed by atoms with E-state index in [9.17, 15) is 0 Å². The molecule has 0 radical (unpaired) electrons. The summed E-state index contributed by atoms with van der Waals surface area (Å²) in [5.74, 6) is 0.700. The second-order valence-corrected chi connectivity index (χ2v) is 6.02. The fourth-order valence-electron chi connectivity index (χ4n) is 1.47. The molecule has 1 aromatic carbocycles. The second-order valence-electron chi connectivity index (χ2n) is 3.18. The molecule has 4 nitrogen and oxygen atoms in total. The normalized spacial score (nSPS) is 11.0. The summed E-state index contributed by atoms with van der Waals surface area (Å²) >= 11 is 10.5. The summed E-state index contributed by atoms with van der Waals surface area (Å²) in [6.07, 6.45) is 0. The van der Waals surface area contributed by atoms with Gasteiger partial charge in [0.05, 0.1) is 0 Å². The Morgan fingerprint density at radius 2 is 2.00 bits per heavy atom. The van der Waals surface area contributed by atoms with Gasteiger partial charge in [-0.1, -0.05) is 0 Å². The van der Waals surface area contributed by atoms with Crippen molar-refractivity contribution >= 4 is 48.8 Å². The Balaban J connectivity index is 2.37. The topological polar surface area (TPSA) is 49.4 Å². The van der Waals surface area contributed by atoms with Crippen molar-refractivity contribution in [1.29, 1.82) is 0 Å². The van der Waals surface area contributed by atoms with Crippen LogP contribution in [0.5, 0.6) is 0 Å². The molecule has 7 heteroatoms. The first kappa shape index (κ1) is 10.2. The van der Waals surface area contributed by atoms with Gasteiger partial charge in [-0.25, -0.2) is 0 Å². The summed E-state index contributed by atoms with van der Waals surface area (Å²) in [6.45, 7) is 0. The zero-order chi connectivity index (χ0) is 11.1. The molecule has 0 saturated carbocycles. The predicted octanol–water partition coefficient (Wildman–Crippen LogP) is 2.20. The van der Waals surface area contributed by atoms with Crippen LogP contribution in [0.25, 0.3) is 15.6 Å². The fourth-order valence-corrected chi connectivity index (χ4v) is 4.21. The predicted molar refractivity (Wildman–Crippen MR) is 68.4 cm³/mol. The maximum atomic E-state index is 5.42. The molecule has 2 heterocycles. The van der Waals surface area contributed by atoms with E-state index in [1.807, 2.05) is 21.8 Å². The van der Waals surface area contributed by atoms with Gasteiger partial charge in [0.15, 0.2) is 0 Å². The first-order chi connectivity index (χ1) is 7.75. The summed E-state index contributed by atoms with van der Waals surface area (Å²) in [5.41, 5.74) is 0.